The number of halogens is 1. The van der Waals surface area contributed by atoms with Crippen molar-refractivity contribution in [2.75, 3.05) is 5.75 Å². The predicted molar refractivity (Wildman–Crippen MR) is 78.2 cm³/mol. The van der Waals surface area contributed by atoms with Crippen molar-refractivity contribution in [3.8, 4) is 0 Å². The van der Waals surface area contributed by atoms with E-state index in [1.165, 1.54) is 0 Å². The maximum Gasteiger partial charge on any atom is 0.304 e. The summed E-state index contributed by atoms with van der Waals surface area (Å²) in [6.07, 6.45) is -0.416. The Bertz CT molecular complexity index is 554. The number of hydrogen-bond acceptors (Lipinski definition) is 3. The van der Waals surface area contributed by atoms with E-state index in [0.717, 1.165) is 5.56 Å². The Morgan fingerprint density at radius 3 is 2.30 bits per heavy atom. The molecule has 0 heterocycles. The van der Waals surface area contributed by atoms with Gasteiger partial charge in [-0.2, -0.15) is 0 Å². The minimum Gasteiger partial charge on any atom is -0.481 e. The molecule has 0 fully saturated rings. The Morgan fingerprint density at radius 2 is 1.85 bits per heavy atom. The summed E-state index contributed by atoms with van der Waals surface area (Å²) in [6.45, 7) is 3.78. The topological polar surface area (TPSA) is 83.5 Å². The lowest BCUT2D eigenvalue weighted by Crippen LogP contribution is -2.34. The van der Waals surface area contributed by atoms with Gasteiger partial charge in [-0.3, -0.25) is 4.79 Å². The van der Waals surface area contributed by atoms with Crippen LogP contribution in [0.25, 0.3) is 0 Å². The van der Waals surface area contributed by atoms with E-state index in [1.54, 1.807) is 24.3 Å². The van der Waals surface area contributed by atoms with Crippen molar-refractivity contribution in [2.24, 2.45) is 5.92 Å². The summed E-state index contributed by atoms with van der Waals surface area (Å²) in [5.41, 5.74) is 0.795. The van der Waals surface area contributed by atoms with Gasteiger partial charge in [0.2, 0.25) is 10.0 Å². The second-order valence-electron chi connectivity index (χ2n) is 4.85. The zero-order valence-corrected chi connectivity index (χ0v) is 12.9. The molecule has 0 saturated heterocycles. The monoisotopic (exact) mass is 319 g/mol. The van der Waals surface area contributed by atoms with Crippen LogP contribution in [-0.4, -0.2) is 25.2 Å². The summed E-state index contributed by atoms with van der Waals surface area (Å²) >= 11 is 5.81. The Morgan fingerprint density at radius 1 is 1.30 bits per heavy atom. The molecule has 7 heteroatoms. The highest BCUT2D eigenvalue weighted by atomic mass is 35.5. The van der Waals surface area contributed by atoms with Gasteiger partial charge in [-0.25, -0.2) is 13.1 Å². The summed E-state index contributed by atoms with van der Waals surface area (Å²) in [7, 11) is -3.64. The number of aliphatic carboxylic acids is 1. The summed E-state index contributed by atoms with van der Waals surface area (Å²) < 4.78 is 26.3. The normalized spacial score (nSPS) is 13.4. The molecule has 5 nitrogen and oxygen atoms in total. The molecule has 0 saturated carbocycles. The van der Waals surface area contributed by atoms with Gasteiger partial charge >= 0.3 is 5.97 Å². The molecule has 0 aliphatic carbocycles. The van der Waals surface area contributed by atoms with Crippen molar-refractivity contribution < 1.29 is 18.3 Å². The van der Waals surface area contributed by atoms with Gasteiger partial charge in [-0.05, 0) is 23.6 Å². The van der Waals surface area contributed by atoms with Gasteiger partial charge in [0.05, 0.1) is 12.2 Å². The Labute approximate surface area is 124 Å². The Hall–Kier alpha value is -1.11. The summed E-state index contributed by atoms with van der Waals surface area (Å²) in [5, 5.41) is 9.13. The summed E-state index contributed by atoms with van der Waals surface area (Å²) in [4.78, 5) is 10.5. The molecular weight excluding hydrogens is 302 g/mol. The largest absolute Gasteiger partial charge is 0.481 e. The van der Waals surface area contributed by atoms with Crippen molar-refractivity contribution in [1.29, 1.82) is 0 Å². The third kappa shape index (κ3) is 5.48. The highest BCUT2D eigenvalue weighted by molar-refractivity contribution is 7.89. The van der Waals surface area contributed by atoms with Gasteiger partial charge in [-0.15, -0.1) is 0 Å². The van der Waals surface area contributed by atoms with Gasteiger partial charge in [0.1, 0.15) is 0 Å². The molecule has 0 aliphatic rings. The van der Waals surface area contributed by atoms with Crippen LogP contribution in [0, 0.1) is 5.92 Å². The standard InChI is InChI=1S/C13H18ClNO4S/c1-9(2)13(10-3-5-11(14)6-4-10)15-20(18,19)8-7-12(16)17/h3-6,9,13,15H,7-8H2,1-2H3,(H,16,17). The first-order valence-electron chi connectivity index (χ1n) is 6.18. The average molecular weight is 320 g/mol. The number of carbonyl (C=O) groups is 1. The Balaban J connectivity index is 2.87. The molecule has 0 spiro atoms. The third-order valence-electron chi connectivity index (χ3n) is 2.79. The van der Waals surface area contributed by atoms with Gasteiger partial charge in [0, 0.05) is 11.1 Å². The molecule has 0 aliphatic heterocycles. The molecule has 0 bridgehead atoms. The molecule has 112 valence electrons. The zero-order chi connectivity index (χ0) is 15.3. The Kier molecular flexibility index (Phi) is 5.98. The van der Waals surface area contributed by atoms with Gasteiger partial charge in [0.25, 0.3) is 0 Å². The molecule has 0 amide bonds. The van der Waals surface area contributed by atoms with Crippen LogP contribution in [0.3, 0.4) is 0 Å². The van der Waals surface area contributed by atoms with E-state index in [-0.39, 0.29) is 5.92 Å². The van der Waals surface area contributed by atoms with Crippen LogP contribution in [-0.2, 0) is 14.8 Å². The van der Waals surface area contributed by atoms with E-state index in [2.05, 4.69) is 4.72 Å². The van der Waals surface area contributed by atoms with Crippen LogP contribution in [0.5, 0.6) is 0 Å². The molecule has 1 aromatic carbocycles. The average Bonchev–Trinajstić information content (AvgIpc) is 2.35. The van der Waals surface area contributed by atoms with Crippen molar-refractivity contribution in [1.82, 2.24) is 4.72 Å². The molecule has 1 atom stereocenters. The minimum atomic E-state index is -3.64. The molecule has 20 heavy (non-hydrogen) atoms. The summed E-state index contributed by atoms with van der Waals surface area (Å²) in [6, 6.07) is 6.49. The second kappa shape index (κ2) is 7.06. The van der Waals surface area contributed by atoms with E-state index in [9.17, 15) is 13.2 Å². The number of hydrogen-bond donors (Lipinski definition) is 2. The molecule has 1 rings (SSSR count). The number of carboxylic acid groups (broad SMARTS) is 1. The molecule has 1 unspecified atom stereocenters. The van der Waals surface area contributed by atoms with Crippen LogP contribution < -0.4 is 4.72 Å². The molecule has 0 aromatic heterocycles. The van der Waals surface area contributed by atoms with Crippen LogP contribution in [0.1, 0.15) is 31.9 Å². The van der Waals surface area contributed by atoms with E-state index in [1.807, 2.05) is 13.8 Å². The first-order chi connectivity index (χ1) is 9.21. The van der Waals surface area contributed by atoms with E-state index in [4.69, 9.17) is 16.7 Å². The van der Waals surface area contributed by atoms with E-state index in [0.29, 0.717) is 5.02 Å². The van der Waals surface area contributed by atoms with Gasteiger partial charge in [0.15, 0.2) is 0 Å². The number of nitrogens with one attached hydrogen (secondary N) is 1. The lowest BCUT2D eigenvalue weighted by molar-refractivity contribution is -0.136. The van der Waals surface area contributed by atoms with Crippen molar-refractivity contribution in [2.45, 2.75) is 26.3 Å². The van der Waals surface area contributed by atoms with Gasteiger partial charge < -0.3 is 5.11 Å². The first kappa shape index (κ1) is 16.9. The molecule has 2 N–H and O–H groups in total. The minimum absolute atomic E-state index is 0.0239. The maximum atomic E-state index is 11.9. The van der Waals surface area contributed by atoms with E-state index < -0.39 is 34.2 Å². The highest BCUT2D eigenvalue weighted by Gasteiger charge is 2.22. The molecular formula is C13H18ClNO4S. The number of carboxylic acids is 1. The van der Waals surface area contributed by atoms with Crippen LogP contribution in [0.2, 0.25) is 5.02 Å². The smallest absolute Gasteiger partial charge is 0.304 e. The van der Waals surface area contributed by atoms with Crippen molar-refractivity contribution >= 4 is 27.6 Å². The SMILES string of the molecule is CC(C)C(NS(=O)(=O)CCC(=O)O)c1ccc(Cl)cc1. The maximum absolute atomic E-state index is 11.9. The number of sulfonamides is 1. The fraction of sp³-hybridized carbons (Fsp3) is 0.462. The fourth-order valence-corrected chi connectivity index (χ4v) is 3.22. The first-order valence-corrected chi connectivity index (χ1v) is 8.21. The van der Waals surface area contributed by atoms with Crippen molar-refractivity contribution in [3.63, 3.8) is 0 Å². The van der Waals surface area contributed by atoms with Crippen molar-refractivity contribution in [3.05, 3.63) is 34.9 Å². The van der Waals surface area contributed by atoms with Crippen LogP contribution >= 0.6 is 11.6 Å². The molecule has 0 radical (unpaired) electrons. The highest BCUT2D eigenvalue weighted by Crippen LogP contribution is 2.24. The third-order valence-corrected chi connectivity index (χ3v) is 4.39. The quantitative estimate of drug-likeness (QED) is 0.808. The van der Waals surface area contributed by atoms with Crippen LogP contribution in [0.15, 0.2) is 24.3 Å². The van der Waals surface area contributed by atoms with E-state index >= 15 is 0 Å². The second-order valence-corrected chi connectivity index (χ2v) is 7.16. The zero-order valence-electron chi connectivity index (χ0n) is 11.3. The number of rotatable bonds is 7. The number of benzene rings is 1. The fourth-order valence-electron chi connectivity index (χ4n) is 1.73. The summed E-state index contributed by atoms with van der Waals surface area (Å²) in [5.74, 6) is -1.54. The predicted octanol–water partition coefficient (Wildman–Crippen LogP) is 2.43. The van der Waals surface area contributed by atoms with Gasteiger partial charge in [-0.1, -0.05) is 37.6 Å². The van der Waals surface area contributed by atoms with Crippen LogP contribution in [0.4, 0.5) is 0 Å². The molecule has 1 aromatic rings. The lowest BCUT2D eigenvalue weighted by atomic mass is 9.97. The lowest BCUT2D eigenvalue weighted by Gasteiger charge is -2.22.